The molecule has 0 saturated heterocycles. The summed E-state index contributed by atoms with van der Waals surface area (Å²) in [5.41, 5.74) is 2.29. The quantitative estimate of drug-likeness (QED) is 0.848. The second-order valence-corrected chi connectivity index (χ2v) is 5.41. The van der Waals surface area contributed by atoms with E-state index in [0.29, 0.717) is 12.0 Å². The van der Waals surface area contributed by atoms with Gasteiger partial charge in [0.25, 0.3) is 0 Å². The van der Waals surface area contributed by atoms with Crippen LogP contribution in [-0.4, -0.2) is 27.0 Å². The zero-order chi connectivity index (χ0) is 12.4. The van der Waals surface area contributed by atoms with Crippen LogP contribution in [0.15, 0.2) is 6.20 Å². The van der Waals surface area contributed by atoms with Crippen molar-refractivity contribution in [1.29, 1.82) is 0 Å². The van der Waals surface area contributed by atoms with Crippen LogP contribution in [0.3, 0.4) is 0 Å². The van der Waals surface area contributed by atoms with Crippen molar-refractivity contribution in [2.75, 3.05) is 5.32 Å². The molecule has 17 heavy (non-hydrogen) atoms. The van der Waals surface area contributed by atoms with Gasteiger partial charge in [0, 0.05) is 19.3 Å². The summed E-state index contributed by atoms with van der Waals surface area (Å²) in [4.78, 5) is 0. The van der Waals surface area contributed by atoms with Gasteiger partial charge in [-0.05, 0) is 31.6 Å². The Morgan fingerprint density at radius 1 is 1.35 bits per heavy atom. The molecule has 2 rings (SSSR count). The highest BCUT2D eigenvalue weighted by Crippen LogP contribution is 2.26. The number of aliphatic hydroxyl groups is 1. The van der Waals surface area contributed by atoms with E-state index in [9.17, 15) is 5.11 Å². The zero-order valence-corrected chi connectivity index (χ0v) is 11.0. The lowest BCUT2D eigenvalue weighted by molar-refractivity contribution is 0.126. The van der Waals surface area contributed by atoms with Gasteiger partial charge in [-0.1, -0.05) is 13.8 Å². The van der Waals surface area contributed by atoms with Crippen molar-refractivity contribution >= 4 is 5.69 Å². The highest BCUT2D eigenvalue weighted by Gasteiger charge is 2.21. The molecular weight excluding hydrogens is 214 g/mol. The van der Waals surface area contributed by atoms with Crippen LogP contribution in [0.25, 0.3) is 0 Å². The van der Waals surface area contributed by atoms with Crippen molar-refractivity contribution in [2.24, 2.45) is 7.05 Å². The smallest absolute Gasteiger partial charge is 0.0881 e. The van der Waals surface area contributed by atoms with Crippen LogP contribution in [0, 0.1) is 0 Å². The SMILES string of the molecule is CC(C)c1nn(C)cc1NC1CCC(O)CC1. The summed E-state index contributed by atoms with van der Waals surface area (Å²) in [6.45, 7) is 4.33. The van der Waals surface area contributed by atoms with E-state index in [-0.39, 0.29) is 6.10 Å². The maximum Gasteiger partial charge on any atom is 0.0881 e. The summed E-state index contributed by atoms with van der Waals surface area (Å²) in [6.07, 6.45) is 5.89. The van der Waals surface area contributed by atoms with Gasteiger partial charge in [-0.3, -0.25) is 4.68 Å². The molecule has 0 aliphatic heterocycles. The zero-order valence-electron chi connectivity index (χ0n) is 11.0. The number of hydrogen-bond acceptors (Lipinski definition) is 3. The molecule has 0 unspecified atom stereocenters. The minimum absolute atomic E-state index is 0.0912. The third-order valence-electron chi connectivity index (χ3n) is 3.46. The van der Waals surface area contributed by atoms with Crippen LogP contribution in [-0.2, 0) is 7.05 Å². The Morgan fingerprint density at radius 2 is 2.00 bits per heavy atom. The van der Waals surface area contributed by atoms with Gasteiger partial charge in [-0.15, -0.1) is 0 Å². The van der Waals surface area contributed by atoms with Gasteiger partial charge in [0.15, 0.2) is 0 Å². The van der Waals surface area contributed by atoms with E-state index >= 15 is 0 Å². The Morgan fingerprint density at radius 3 is 2.59 bits per heavy atom. The lowest BCUT2D eigenvalue weighted by atomic mass is 9.93. The number of anilines is 1. The lowest BCUT2D eigenvalue weighted by Gasteiger charge is -2.27. The van der Waals surface area contributed by atoms with Crippen molar-refractivity contribution in [3.8, 4) is 0 Å². The van der Waals surface area contributed by atoms with Gasteiger partial charge in [0.05, 0.1) is 17.5 Å². The third kappa shape index (κ3) is 3.00. The summed E-state index contributed by atoms with van der Waals surface area (Å²) in [5, 5.41) is 17.6. The maximum atomic E-state index is 9.50. The van der Waals surface area contributed by atoms with E-state index in [4.69, 9.17) is 0 Å². The van der Waals surface area contributed by atoms with Crippen molar-refractivity contribution in [1.82, 2.24) is 9.78 Å². The number of rotatable bonds is 3. The normalized spacial score (nSPS) is 25.2. The van der Waals surface area contributed by atoms with Gasteiger partial charge < -0.3 is 10.4 Å². The van der Waals surface area contributed by atoms with E-state index in [1.165, 1.54) is 0 Å². The minimum atomic E-state index is -0.0912. The molecule has 4 nitrogen and oxygen atoms in total. The van der Waals surface area contributed by atoms with Gasteiger partial charge >= 0.3 is 0 Å². The van der Waals surface area contributed by atoms with E-state index in [2.05, 4.69) is 30.5 Å². The molecule has 4 heteroatoms. The van der Waals surface area contributed by atoms with Gasteiger partial charge in [0.2, 0.25) is 0 Å². The van der Waals surface area contributed by atoms with E-state index < -0.39 is 0 Å². The molecule has 1 aliphatic carbocycles. The molecule has 0 radical (unpaired) electrons. The molecule has 1 fully saturated rings. The average Bonchev–Trinajstić information content (AvgIpc) is 2.63. The Labute approximate surface area is 103 Å². The maximum absolute atomic E-state index is 9.50. The van der Waals surface area contributed by atoms with Crippen LogP contribution in [0.5, 0.6) is 0 Å². The number of hydrogen-bond donors (Lipinski definition) is 2. The topological polar surface area (TPSA) is 50.1 Å². The van der Waals surface area contributed by atoms with Crippen LogP contribution in [0.1, 0.15) is 51.1 Å². The van der Waals surface area contributed by atoms with Crippen LogP contribution in [0.2, 0.25) is 0 Å². The number of aliphatic hydroxyl groups excluding tert-OH is 1. The fourth-order valence-electron chi connectivity index (χ4n) is 2.48. The summed E-state index contributed by atoms with van der Waals surface area (Å²) in [5.74, 6) is 0.438. The Bertz CT molecular complexity index is 365. The molecule has 0 amide bonds. The number of nitrogens with one attached hydrogen (secondary N) is 1. The van der Waals surface area contributed by atoms with E-state index in [1.807, 2.05) is 11.7 Å². The number of nitrogens with zero attached hydrogens (tertiary/aromatic N) is 2. The van der Waals surface area contributed by atoms with Crippen molar-refractivity contribution in [3.05, 3.63) is 11.9 Å². The third-order valence-corrected chi connectivity index (χ3v) is 3.46. The Kier molecular flexibility index (Phi) is 3.72. The second-order valence-electron chi connectivity index (χ2n) is 5.41. The first-order valence-corrected chi connectivity index (χ1v) is 6.54. The van der Waals surface area contributed by atoms with Gasteiger partial charge in [0.1, 0.15) is 0 Å². The fourth-order valence-corrected chi connectivity index (χ4v) is 2.48. The molecule has 96 valence electrons. The first kappa shape index (κ1) is 12.4. The predicted molar refractivity (Wildman–Crippen MR) is 69.2 cm³/mol. The molecule has 2 N–H and O–H groups in total. The fraction of sp³-hybridized carbons (Fsp3) is 0.769. The molecule has 1 aromatic heterocycles. The molecule has 1 aliphatic rings. The first-order valence-electron chi connectivity index (χ1n) is 6.54. The Balaban J connectivity index is 2.03. The number of aromatic nitrogens is 2. The highest BCUT2D eigenvalue weighted by molar-refractivity contribution is 5.48. The van der Waals surface area contributed by atoms with E-state index in [1.54, 1.807) is 0 Å². The van der Waals surface area contributed by atoms with Crippen LogP contribution >= 0.6 is 0 Å². The van der Waals surface area contributed by atoms with Crippen molar-refractivity contribution < 1.29 is 5.11 Å². The summed E-state index contributed by atoms with van der Waals surface area (Å²) < 4.78 is 1.87. The average molecular weight is 237 g/mol. The summed E-state index contributed by atoms with van der Waals surface area (Å²) in [7, 11) is 1.96. The monoisotopic (exact) mass is 237 g/mol. The van der Waals surface area contributed by atoms with Crippen LogP contribution < -0.4 is 5.32 Å². The second kappa shape index (κ2) is 5.08. The molecule has 0 spiro atoms. The van der Waals surface area contributed by atoms with Crippen molar-refractivity contribution in [3.63, 3.8) is 0 Å². The van der Waals surface area contributed by atoms with Crippen molar-refractivity contribution in [2.45, 2.75) is 57.6 Å². The Hall–Kier alpha value is -1.03. The molecular formula is C13H23N3O. The first-order chi connectivity index (χ1) is 8.06. The molecule has 1 aromatic rings. The summed E-state index contributed by atoms with van der Waals surface area (Å²) >= 11 is 0. The van der Waals surface area contributed by atoms with Gasteiger partial charge in [-0.25, -0.2) is 0 Å². The summed E-state index contributed by atoms with van der Waals surface area (Å²) in [6, 6.07) is 0.486. The molecule has 1 heterocycles. The van der Waals surface area contributed by atoms with E-state index in [0.717, 1.165) is 37.1 Å². The highest BCUT2D eigenvalue weighted by atomic mass is 16.3. The largest absolute Gasteiger partial charge is 0.393 e. The van der Waals surface area contributed by atoms with Gasteiger partial charge in [-0.2, -0.15) is 5.10 Å². The van der Waals surface area contributed by atoms with Crippen LogP contribution in [0.4, 0.5) is 5.69 Å². The molecule has 1 saturated carbocycles. The predicted octanol–water partition coefficient (Wildman–Crippen LogP) is 2.26. The minimum Gasteiger partial charge on any atom is -0.393 e. The number of aryl methyl sites for hydroxylation is 1. The molecule has 0 bridgehead atoms. The lowest BCUT2D eigenvalue weighted by Crippen LogP contribution is -2.28. The molecule has 0 aromatic carbocycles. The standard InChI is InChI=1S/C13H23N3O/c1-9(2)13-12(8-16(3)15-13)14-10-4-6-11(17)7-5-10/h8-11,14,17H,4-7H2,1-3H3. The molecule has 0 atom stereocenters.